The van der Waals surface area contributed by atoms with Gasteiger partial charge in [0.05, 0.1) is 5.69 Å². The Morgan fingerprint density at radius 1 is 1.10 bits per heavy atom. The van der Waals surface area contributed by atoms with E-state index in [4.69, 9.17) is 5.73 Å². The molecule has 0 spiro atoms. The largest absolute Gasteiger partial charge is 0.396 e. The van der Waals surface area contributed by atoms with Crippen LogP contribution >= 0.6 is 0 Å². The summed E-state index contributed by atoms with van der Waals surface area (Å²) in [4.78, 5) is 19.8. The smallest absolute Gasteiger partial charge is 0.251 e. The highest BCUT2D eigenvalue weighted by Crippen LogP contribution is 2.12. The van der Waals surface area contributed by atoms with Gasteiger partial charge in [-0.2, -0.15) is 0 Å². The molecule has 0 aliphatic heterocycles. The molecule has 1 amide bonds. The fraction of sp³-hybridized carbons (Fsp3) is 0.267. The van der Waals surface area contributed by atoms with Crippen molar-refractivity contribution in [2.45, 2.75) is 12.8 Å². The number of nitrogens with zero attached hydrogens (tertiary/aromatic N) is 2. The summed E-state index contributed by atoms with van der Waals surface area (Å²) in [7, 11) is 0. The molecule has 4 N–H and O–H groups in total. The van der Waals surface area contributed by atoms with Crippen LogP contribution in [0.4, 0.5) is 11.5 Å². The Labute approximate surface area is 123 Å². The average Bonchev–Trinajstić information content (AvgIpc) is 2.53. The number of nitrogen functional groups attached to an aromatic ring is 1. The lowest BCUT2D eigenvalue weighted by Crippen LogP contribution is -2.24. The standard InChI is InChI=1S/C15H19N5O/c16-13-4-3-9-19-14(13)18-7-1-2-8-20-15(21)12-5-10-17-11-6-12/h3-6,9-11H,1-2,7-8,16H2,(H,18,19)(H,20,21). The third-order valence-corrected chi connectivity index (χ3v) is 2.96. The molecule has 6 nitrogen and oxygen atoms in total. The molecule has 0 aliphatic rings. The van der Waals surface area contributed by atoms with Crippen LogP contribution in [0.25, 0.3) is 0 Å². The number of nitrogens with two attached hydrogens (primary N) is 1. The van der Waals surface area contributed by atoms with Gasteiger partial charge in [0.1, 0.15) is 5.82 Å². The third kappa shape index (κ3) is 4.76. The lowest BCUT2D eigenvalue weighted by atomic mass is 10.2. The molecule has 0 unspecified atom stereocenters. The third-order valence-electron chi connectivity index (χ3n) is 2.96. The first-order valence-corrected chi connectivity index (χ1v) is 6.90. The Bertz CT molecular complexity index is 573. The number of nitrogens with one attached hydrogen (secondary N) is 2. The molecule has 2 heterocycles. The molecule has 0 saturated carbocycles. The number of amides is 1. The Kier molecular flexibility index (Phi) is 5.51. The molecule has 0 aliphatic carbocycles. The van der Waals surface area contributed by atoms with E-state index in [9.17, 15) is 4.79 Å². The van der Waals surface area contributed by atoms with Crippen LogP contribution in [-0.2, 0) is 0 Å². The second kappa shape index (κ2) is 7.84. The second-order valence-electron chi connectivity index (χ2n) is 4.57. The number of carbonyl (C=O) groups is 1. The van der Waals surface area contributed by atoms with Crippen molar-refractivity contribution in [1.29, 1.82) is 0 Å². The first-order chi connectivity index (χ1) is 10.3. The molecule has 2 rings (SSSR count). The van der Waals surface area contributed by atoms with Gasteiger partial charge in [-0.3, -0.25) is 9.78 Å². The van der Waals surface area contributed by atoms with E-state index in [2.05, 4.69) is 20.6 Å². The first kappa shape index (κ1) is 14.8. The number of hydrogen-bond donors (Lipinski definition) is 3. The summed E-state index contributed by atoms with van der Waals surface area (Å²) in [5.74, 6) is 0.637. The molecule has 0 fully saturated rings. The zero-order valence-electron chi connectivity index (χ0n) is 11.7. The zero-order chi connectivity index (χ0) is 14.9. The molecule has 6 heteroatoms. The van der Waals surface area contributed by atoms with Crippen molar-refractivity contribution >= 4 is 17.4 Å². The lowest BCUT2D eigenvalue weighted by Gasteiger charge is -2.08. The topological polar surface area (TPSA) is 92.9 Å². The average molecular weight is 285 g/mol. The SMILES string of the molecule is Nc1cccnc1NCCCCNC(=O)c1ccncc1. The van der Waals surface area contributed by atoms with Gasteiger partial charge in [0.2, 0.25) is 0 Å². The van der Waals surface area contributed by atoms with Crippen molar-refractivity contribution in [1.82, 2.24) is 15.3 Å². The molecular weight excluding hydrogens is 266 g/mol. The highest BCUT2D eigenvalue weighted by Gasteiger charge is 2.03. The normalized spacial score (nSPS) is 10.1. The van der Waals surface area contributed by atoms with E-state index in [0.29, 0.717) is 23.6 Å². The van der Waals surface area contributed by atoms with Crippen LogP contribution in [0.1, 0.15) is 23.2 Å². The molecule has 21 heavy (non-hydrogen) atoms. The molecule has 2 aromatic heterocycles. The summed E-state index contributed by atoms with van der Waals surface area (Å²) in [6.07, 6.45) is 6.73. The van der Waals surface area contributed by atoms with Gasteiger partial charge >= 0.3 is 0 Å². The fourth-order valence-electron chi connectivity index (χ4n) is 1.83. The van der Waals surface area contributed by atoms with E-state index in [1.54, 1.807) is 36.8 Å². The highest BCUT2D eigenvalue weighted by atomic mass is 16.1. The monoisotopic (exact) mass is 285 g/mol. The zero-order valence-corrected chi connectivity index (χ0v) is 11.7. The molecular formula is C15H19N5O. The van der Waals surface area contributed by atoms with Gasteiger partial charge in [-0.05, 0) is 37.1 Å². The van der Waals surface area contributed by atoms with Crippen LogP contribution in [0.5, 0.6) is 0 Å². The molecule has 110 valence electrons. The highest BCUT2D eigenvalue weighted by molar-refractivity contribution is 5.93. The molecule has 0 bridgehead atoms. The summed E-state index contributed by atoms with van der Waals surface area (Å²) in [5, 5.41) is 6.05. The maximum atomic E-state index is 11.8. The Balaban J connectivity index is 1.60. The molecule has 0 atom stereocenters. The van der Waals surface area contributed by atoms with Gasteiger partial charge in [-0.15, -0.1) is 0 Å². The van der Waals surface area contributed by atoms with E-state index in [0.717, 1.165) is 19.4 Å². The summed E-state index contributed by atoms with van der Waals surface area (Å²) in [5.41, 5.74) is 7.05. The van der Waals surface area contributed by atoms with E-state index in [1.807, 2.05) is 6.07 Å². The number of rotatable bonds is 7. The first-order valence-electron chi connectivity index (χ1n) is 6.90. The molecule has 2 aromatic rings. The van der Waals surface area contributed by atoms with Crippen LogP contribution in [0, 0.1) is 0 Å². The van der Waals surface area contributed by atoms with Crippen molar-refractivity contribution in [2.24, 2.45) is 0 Å². The van der Waals surface area contributed by atoms with Crippen molar-refractivity contribution in [3.05, 3.63) is 48.4 Å². The van der Waals surface area contributed by atoms with Crippen LogP contribution in [0.15, 0.2) is 42.9 Å². The minimum Gasteiger partial charge on any atom is -0.396 e. The summed E-state index contributed by atoms with van der Waals surface area (Å²) < 4.78 is 0. The predicted molar refractivity (Wildman–Crippen MR) is 82.9 cm³/mol. The number of anilines is 2. The number of aromatic nitrogens is 2. The minimum atomic E-state index is -0.0701. The van der Waals surface area contributed by atoms with Gasteiger partial charge in [0, 0.05) is 37.2 Å². The van der Waals surface area contributed by atoms with Crippen molar-refractivity contribution < 1.29 is 4.79 Å². The van der Waals surface area contributed by atoms with Gasteiger partial charge in [0.25, 0.3) is 5.91 Å². The van der Waals surface area contributed by atoms with Crippen LogP contribution in [0.2, 0.25) is 0 Å². The summed E-state index contributed by atoms with van der Waals surface area (Å²) in [6, 6.07) is 7.00. The summed E-state index contributed by atoms with van der Waals surface area (Å²) >= 11 is 0. The molecule has 0 radical (unpaired) electrons. The molecule has 0 aromatic carbocycles. The fourth-order valence-corrected chi connectivity index (χ4v) is 1.83. The number of carbonyl (C=O) groups excluding carboxylic acids is 1. The predicted octanol–water partition coefficient (Wildman–Crippen LogP) is 1.68. The Hall–Kier alpha value is -2.63. The van der Waals surface area contributed by atoms with Gasteiger partial charge < -0.3 is 16.4 Å². The van der Waals surface area contributed by atoms with E-state index in [1.165, 1.54) is 0 Å². The minimum absolute atomic E-state index is 0.0701. The number of hydrogen-bond acceptors (Lipinski definition) is 5. The lowest BCUT2D eigenvalue weighted by molar-refractivity contribution is 0.0953. The second-order valence-corrected chi connectivity index (χ2v) is 4.57. The van der Waals surface area contributed by atoms with E-state index >= 15 is 0 Å². The Morgan fingerprint density at radius 2 is 1.86 bits per heavy atom. The van der Waals surface area contributed by atoms with Crippen LogP contribution in [-0.4, -0.2) is 29.0 Å². The van der Waals surface area contributed by atoms with E-state index < -0.39 is 0 Å². The van der Waals surface area contributed by atoms with Gasteiger partial charge in [-0.25, -0.2) is 4.98 Å². The van der Waals surface area contributed by atoms with Crippen LogP contribution < -0.4 is 16.4 Å². The number of pyridine rings is 2. The molecule has 0 saturated heterocycles. The quantitative estimate of drug-likeness (QED) is 0.673. The van der Waals surface area contributed by atoms with Crippen molar-refractivity contribution in [3.63, 3.8) is 0 Å². The summed E-state index contributed by atoms with van der Waals surface area (Å²) in [6.45, 7) is 1.41. The van der Waals surface area contributed by atoms with Gasteiger partial charge in [0.15, 0.2) is 0 Å². The Morgan fingerprint density at radius 3 is 2.62 bits per heavy atom. The maximum absolute atomic E-state index is 11.8. The van der Waals surface area contributed by atoms with Crippen molar-refractivity contribution in [3.8, 4) is 0 Å². The van der Waals surface area contributed by atoms with Crippen molar-refractivity contribution in [2.75, 3.05) is 24.1 Å². The maximum Gasteiger partial charge on any atom is 0.251 e. The number of unbranched alkanes of at least 4 members (excludes halogenated alkanes) is 1. The van der Waals surface area contributed by atoms with Crippen LogP contribution in [0.3, 0.4) is 0 Å². The van der Waals surface area contributed by atoms with E-state index in [-0.39, 0.29) is 5.91 Å². The van der Waals surface area contributed by atoms with Gasteiger partial charge in [-0.1, -0.05) is 0 Å².